The quantitative estimate of drug-likeness (QED) is 0.330. The van der Waals surface area contributed by atoms with Crippen LogP contribution in [0.1, 0.15) is 36.7 Å². The number of aromatic nitrogens is 1. The van der Waals surface area contributed by atoms with Gasteiger partial charge in [0.2, 0.25) is 17.7 Å². The van der Waals surface area contributed by atoms with Gasteiger partial charge in [-0.25, -0.2) is 0 Å². The highest BCUT2D eigenvalue weighted by atomic mass is 35.5. The number of nitrogens with one attached hydrogen (secondary N) is 3. The maximum atomic E-state index is 13.7. The molecule has 0 aliphatic carbocycles. The third-order valence-electron chi connectivity index (χ3n) is 8.70. The molecule has 2 aromatic carbocycles. The molecular formula is C33H40ClN5O6. The Kier molecular flexibility index (Phi) is 9.57. The Morgan fingerprint density at radius 2 is 1.76 bits per heavy atom. The molecular weight excluding hydrogens is 598 g/mol. The second-order valence-electron chi connectivity index (χ2n) is 12.1. The van der Waals surface area contributed by atoms with Crippen molar-refractivity contribution in [2.24, 2.45) is 17.8 Å². The van der Waals surface area contributed by atoms with Crippen LogP contribution in [-0.2, 0) is 20.8 Å². The summed E-state index contributed by atoms with van der Waals surface area (Å²) in [6, 6.07) is 9.85. The number of likely N-dealkylation sites (N-methyl/N-ethyl adjacent to an activating group) is 1. The summed E-state index contributed by atoms with van der Waals surface area (Å²) in [5, 5.41) is 6.88. The summed E-state index contributed by atoms with van der Waals surface area (Å²) >= 11 is 6.13. The molecule has 0 spiro atoms. The second-order valence-corrected chi connectivity index (χ2v) is 12.5. The molecule has 240 valence electrons. The van der Waals surface area contributed by atoms with Crippen LogP contribution >= 0.6 is 11.6 Å². The molecule has 12 heteroatoms. The van der Waals surface area contributed by atoms with Crippen LogP contribution in [0.15, 0.2) is 42.6 Å². The number of rotatable bonds is 9. The van der Waals surface area contributed by atoms with Gasteiger partial charge in [0.25, 0.3) is 5.91 Å². The molecule has 45 heavy (non-hydrogen) atoms. The number of aromatic amines is 1. The van der Waals surface area contributed by atoms with Crippen molar-refractivity contribution in [2.75, 3.05) is 40.3 Å². The fraction of sp³-hybridized carbons (Fsp3) is 0.455. The van der Waals surface area contributed by atoms with Crippen molar-refractivity contribution in [3.63, 3.8) is 0 Å². The maximum absolute atomic E-state index is 13.7. The third kappa shape index (κ3) is 6.88. The van der Waals surface area contributed by atoms with Crippen molar-refractivity contribution in [3.05, 3.63) is 58.7 Å². The fourth-order valence-electron chi connectivity index (χ4n) is 6.44. The molecule has 2 aliphatic rings. The standard InChI is InChI=1S/C33H40ClN5O6/c1-18(2)45-28-9-6-20(10-29(28)44-5)33(43)39-15-22-14-38(17-26(25(22)16-39)32(42)37-19(3)31(41)35-4)30(40)11-21-13-36-27-12-23(34)7-8-24(21)27/h6-10,12-13,18-19,22,25-26,36H,11,14-17H2,1-5H3,(H,35,41)(H,37,42)/t19-,22?,25?,26?/m0/s1. The molecule has 2 aliphatic heterocycles. The highest BCUT2D eigenvalue weighted by molar-refractivity contribution is 6.31. The Hall–Kier alpha value is -4.25. The highest BCUT2D eigenvalue weighted by Gasteiger charge is 2.48. The minimum absolute atomic E-state index is 0.0588. The predicted molar refractivity (Wildman–Crippen MR) is 170 cm³/mol. The maximum Gasteiger partial charge on any atom is 0.254 e. The first-order chi connectivity index (χ1) is 21.5. The molecule has 0 radical (unpaired) electrons. The molecule has 2 fully saturated rings. The minimum atomic E-state index is -0.747. The Balaban J connectivity index is 1.37. The smallest absolute Gasteiger partial charge is 0.254 e. The van der Waals surface area contributed by atoms with Gasteiger partial charge in [-0.05, 0) is 68.5 Å². The van der Waals surface area contributed by atoms with Crippen molar-refractivity contribution >= 4 is 46.1 Å². The predicted octanol–water partition coefficient (Wildman–Crippen LogP) is 3.26. The van der Waals surface area contributed by atoms with Crippen LogP contribution in [0, 0.1) is 17.8 Å². The molecule has 2 saturated heterocycles. The zero-order chi connectivity index (χ0) is 32.4. The molecule has 3 heterocycles. The molecule has 3 N–H and O–H groups in total. The van der Waals surface area contributed by atoms with Crippen molar-refractivity contribution in [3.8, 4) is 11.5 Å². The minimum Gasteiger partial charge on any atom is -0.493 e. The summed E-state index contributed by atoms with van der Waals surface area (Å²) in [4.78, 5) is 59.9. The lowest BCUT2D eigenvalue weighted by Gasteiger charge is -2.39. The van der Waals surface area contributed by atoms with E-state index in [9.17, 15) is 19.2 Å². The fourth-order valence-corrected chi connectivity index (χ4v) is 6.61. The van der Waals surface area contributed by atoms with Crippen molar-refractivity contribution in [1.82, 2.24) is 25.4 Å². The van der Waals surface area contributed by atoms with Gasteiger partial charge < -0.3 is 34.9 Å². The Labute approximate surface area is 267 Å². The molecule has 4 atom stereocenters. The first-order valence-electron chi connectivity index (χ1n) is 15.2. The molecule has 3 unspecified atom stereocenters. The molecule has 4 amide bonds. The van der Waals surface area contributed by atoms with Crippen molar-refractivity contribution in [1.29, 1.82) is 0 Å². The van der Waals surface area contributed by atoms with Gasteiger partial charge in [0.1, 0.15) is 6.04 Å². The molecule has 0 saturated carbocycles. The number of ether oxygens (including phenoxy) is 2. The summed E-state index contributed by atoms with van der Waals surface area (Å²) in [7, 11) is 3.04. The van der Waals surface area contributed by atoms with E-state index in [0.29, 0.717) is 41.7 Å². The molecule has 5 rings (SSSR count). The zero-order valence-corrected chi connectivity index (χ0v) is 26.9. The molecule has 11 nitrogen and oxygen atoms in total. The van der Waals surface area contributed by atoms with E-state index < -0.39 is 12.0 Å². The lowest BCUT2D eigenvalue weighted by Crippen LogP contribution is -2.55. The average Bonchev–Trinajstić information content (AvgIpc) is 3.63. The van der Waals surface area contributed by atoms with Gasteiger partial charge in [0.05, 0.1) is 25.6 Å². The van der Waals surface area contributed by atoms with Gasteiger partial charge >= 0.3 is 0 Å². The van der Waals surface area contributed by atoms with Crippen LogP contribution in [0.3, 0.4) is 0 Å². The van der Waals surface area contributed by atoms with Crippen LogP contribution < -0.4 is 20.1 Å². The number of methoxy groups -OCH3 is 1. The first kappa shape index (κ1) is 32.2. The van der Waals surface area contributed by atoms with E-state index in [0.717, 1.165) is 16.5 Å². The number of halogens is 1. The number of H-pyrrole nitrogens is 1. The summed E-state index contributed by atoms with van der Waals surface area (Å²) in [5.41, 5.74) is 2.13. The highest BCUT2D eigenvalue weighted by Crippen LogP contribution is 2.37. The zero-order valence-electron chi connectivity index (χ0n) is 26.2. The molecule has 0 bridgehead atoms. The Bertz CT molecular complexity index is 1610. The van der Waals surface area contributed by atoms with Crippen LogP contribution in [-0.4, -0.2) is 90.9 Å². The average molecular weight is 638 g/mol. The summed E-state index contributed by atoms with van der Waals surface area (Å²) in [5.74, 6) is -0.826. The largest absolute Gasteiger partial charge is 0.493 e. The van der Waals surface area contributed by atoms with Crippen LogP contribution in [0.4, 0.5) is 0 Å². The third-order valence-corrected chi connectivity index (χ3v) is 8.94. The number of likely N-dealkylation sites (tertiary alicyclic amines) is 2. The summed E-state index contributed by atoms with van der Waals surface area (Å²) in [6.45, 7) is 6.80. The summed E-state index contributed by atoms with van der Waals surface area (Å²) in [6.07, 6.45) is 1.90. The van der Waals surface area contributed by atoms with Gasteiger partial charge in [-0.3, -0.25) is 19.2 Å². The number of nitrogens with zero attached hydrogens (tertiary/aromatic N) is 2. The van der Waals surface area contributed by atoms with Gasteiger partial charge in [0.15, 0.2) is 11.5 Å². The number of fused-ring (bicyclic) bond motifs is 2. The normalized spacial score (nSPS) is 20.1. The van der Waals surface area contributed by atoms with Gasteiger partial charge in [-0.15, -0.1) is 0 Å². The van der Waals surface area contributed by atoms with E-state index in [4.69, 9.17) is 21.1 Å². The number of piperidine rings is 1. The number of hydrogen-bond acceptors (Lipinski definition) is 6. The van der Waals surface area contributed by atoms with Crippen LogP contribution in [0.25, 0.3) is 10.9 Å². The number of carbonyl (C=O) groups excluding carboxylic acids is 4. The molecule has 3 aromatic rings. The van der Waals surface area contributed by atoms with Crippen molar-refractivity contribution in [2.45, 2.75) is 39.3 Å². The van der Waals surface area contributed by atoms with E-state index >= 15 is 0 Å². The number of benzene rings is 2. The summed E-state index contributed by atoms with van der Waals surface area (Å²) < 4.78 is 11.3. The van der Waals surface area contributed by atoms with Gasteiger partial charge in [-0.2, -0.15) is 0 Å². The van der Waals surface area contributed by atoms with E-state index in [1.54, 1.807) is 41.0 Å². The number of hydrogen-bond donors (Lipinski definition) is 3. The SMILES string of the molecule is CNC(=O)[C@H](C)NC(=O)C1CN(C(=O)Cc2c[nH]c3cc(Cl)ccc23)CC2CN(C(=O)c3ccc(OC(C)C)c(OC)c3)CC21. The Morgan fingerprint density at radius 1 is 1.00 bits per heavy atom. The lowest BCUT2D eigenvalue weighted by atomic mass is 9.79. The first-order valence-corrected chi connectivity index (χ1v) is 15.6. The monoisotopic (exact) mass is 637 g/mol. The van der Waals surface area contributed by atoms with E-state index in [1.165, 1.54) is 14.2 Å². The number of carbonyl (C=O) groups is 4. The number of amides is 4. The van der Waals surface area contributed by atoms with Crippen LogP contribution in [0.2, 0.25) is 5.02 Å². The Morgan fingerprint density at radius 3 is 2.47 bits per heavy atom. The van der Waals surface area contributed by atoms with E-state index in [-0.39, 0.29) is 54.5 Å². The van der Waals surface area contributed by atoms with E-state index in [1.807, 2.05) is 32.2 Å². The van der Waals surface area contributed by atoms with Crippen molar-refractivity contribution < 1.29 is 28.7 Å². The second kappa shape index (κ2) is 13.4. The van der Waals surface area contributed by atoms with Gasteiger partial charge in [-0.1, -0.05) is 17.7 Å². The molecule has 1 aromatic heterocycles. The lowest BCUT2D eigenvalue weighted by molar-refractivity contribution is -0.140. The van der Waals surface area contributed by atoms with E-state index in [2.05, 4.69) is 15.6 Å². The van der Waals surface area contributed by atoms with Gasteiger partial charge in [0, 0.05) is 60.9 Å². The van der Waals surface area contributed by atoms with Crippen LogP contribution in [0.5, 0.6) is 11.5 Å². The topological polar surface area (TPSA) is 133 Å².